The molecule has 0 amide bonds. The van der Waals surface area contributed by atoms with Crippen LogP contribution in [-0.2, 0) is 8.85 Å². The highest BCUT2D eigenvalue weighted by molar-refractivity contribution is 9.11. The lowest BCUT2D eigenvalue weighted by Gasteiger charge is -2.59. The molecule has 4 atom stereocenters. The number of hydrogen-bond acceptors (Lipinski definition) is 3. The van der Waals surface area contributed by atoms with Crippen LogP contribution < -0.4 is 0 Å². The summed E-state index contributed by atoms with van der Waals surface area (Å²) in [5, 5.41) is 0. The Balaban J connectivity index is 3.15. The predicted octanol–water partition coefficient (Wildman–Crippen LogP) is 12.6. The van der Waals surface area contributed by atoms with E-state index in [0.29, 0.717) is 5.56 Å². The van der Waals surface area contributed by atoms with Crippen molar-refractivity contribution in [3.63, 3.8) is 0 Å². The Labute approximate surface area is 327 Å². The number of Topliss-reactive ketones (excluding diaryl/α,β-unsaturated/α-hetero) is 1. The van der Waals surface area contributed by atoms with Crippen molar-refractivity contribution in [2.24, 2.45) is 0 Å². The van der Waals surface area contributed by atoms with Crippen molar-refractivity contribution >= 4 is 96.9 Å². The summed E-state index contributed by atoms with van der Waals surface area (Å²) in [6.07, 6.45) is -6.79. The molecule has 2 aromatic rings. The SMILES string of the molecule is C[Si](C)(C)[Si](OC(c1cc(Br)cc(Br)c1)C(F)C(O[Si]([Si](C)(C)C)([Si](C)(C)C)[Si](C)(C)C)C(F)C(=O)c1ccccc1)([Si](C)(C)C)[Si](C)(C)C. The van der Waals surface area contributed by atoms with Gasteiger partial charge in [0.05, 0.1) is 45.5 Å². The maximum Gasteiger partial charge on any atom is 0.199 e. The van der Waals surface area contributed by atoms with Crippen molar-refractivity contribution in [1.82, 2.24) is 0 Å². The maximum atomic E-state index is 18.7. The first-order chi connectivity index (χ1) is 22.2. The monoisotopic (exact) mass is 954 g/mol. The van der Waals surface area contributed by atoms with Gasteiger partial charge in [-0.2, -0.15) is 0 Å². The highest BCUT2D eigenvalue weighted by Gasteiger charge is 2.68. The standard InChI is InChI=1S/C35H66Br2F2O3Si8/c1-43(2,3)49(44(4,5)6,45(7,8)9)41-34(28-24-29(36)26-30(37)25-28)32(39)35(31(38)33(40)27-22-20-19-21-23-27)42-50(46(10,11)12,47(13,14)15)48(16,17)18/h19-26,31-32,34-35H,1-18H3. The van der Waals surface area contributed by atoms with Crippen molar-refractivity contribution in [1.29, 1.82) is 0 Å². The fourth-order valence-corrected chi connectivity index (χ4v) is 200. The van der Waals surface area contributed by atoms with Gasteiger partial charge in [-0.3, -0.25) is 4.79 Å². The van der Waals surface area contributed by atoms with E-state index in [-0.39, 0.29) is 5.56 Å². The Morgan fingerprint density at radius 1 is 0.560 bits per heavy atom. The van der Waals surface area contributed by atoms with Crippen LogP contribution in [-0.4, -0.2) is 83.5 Å². The first-order valence-electron chi connectivity index (χ1n) is 17.9. The van der Waals surface area contributed by atoms with Gasteiger partial charge in [-0.05, 0) is 23.8 Å². The van der Waals surface area contributed by atoms with Crippen LogP contribution in [0.4, 0.5) is 8.78 Å². The number of rotatable bonds is 16. The van der Waals surface area contributed by atoms with E-state index in [9.17, 15) is 4.79 Å². The molecule has 2 aromatic carbocycles. The number of carbonyl (C=O) groups excluding carboxylic acids is 1. The molecule has 50 heavy (non-hydrogen) atoms. The highest BCUT2D eigenvalue weighted by Crippen LogP contribution is 2.46. The number of benzene rings is 2. The third kappa shape index (κ3) is 9.33. The van der Waals surface area contributed by atoms with Gasteiger partial charge in [-0.25, -0.2) is 8.78 Å². The Kier molecular flexibility index (Phi) is 14.9. The number of alkyl halides is 2. The second kappa shape index (κ2) is 16.0. The molecule has 15 heteroatoms. The van der Waals surface area contributed by atoms with E-state index < -0.39 is 89.6 Å². The van der Waals surface area contributed by atoms with E-state index in [2.05, 4.69) is 150 Å². The first-order valence-corrected chi connectivity index (χ1v) is 50.3. The van der Waals surface area contributed by atoms with E-state index in [0.717, 1.165) is 8.95 Å². The van der Waals surface area contributed by atoms with Gasteiger partial charge >= 0.3 is 0 Å². The Morgan fingerprint density at radius 3 is 1.24 bits per heavy atom. The summed E-state index contributed by atoms with van der Waals surface area (Å²) >= 11 is 7.34. The topological polar surface area (TPSA) is 35.5 Å². The van der Waals surface area contributed by atoms with Crippen LogP contribution in [0.1, 0.15) is 22.0 Å². The van der Waals surface area contributed by atoms with Crippen LogP contribution in [0, 0.1) is 0 Å². The summed E-state index contributed by atoms with van der Waals surface area (Å²) in [5.41, 5.74) is 0.888. The third-order valence-corrected chi connectivity index (χ3v) is 146. The molecule has 2 rings (SSSR count). The molecule has 0 heterocycles. The molecule has 0 fully saturated rings. The highest BCUT2D eigenvalue weighted by atomic mass is 79.9. The molecule has 0 aromatic heterocycles. The van der Waals surface area contributed by atoms with E-state index in [1.165, 1.54) is 0 Å². The quantitative estimate of drug-likeness (QED) is 0.124. The van der Waals surface area contributed by atoms with Crippen LogP contribution >= 0.6 is 31.9 Å². The fraction of sp³-hybridized carbons (Fsp3) is 0.629. The van der Waals surface area contributed by atoms with Crippen LogP contribution in [0.5, 0.6) is 0 Å². The largest absolute Gasteiger partial charge is 0.416 e. The lowest BCUT2D eigenvalue weighted by Crippen LogP contribution is -2.86. The zero-order valence-electron chi connectivity index (χ0n) is 34.2. The summed E-state index contributed by atoms with van der Waals surface area (Å²) in [4.78, 5) is 14.2. The van der Waals surface area contributed by atoms with Crippen molar-refractivity contribution < 1.29 is 22.4 Å². The van der Waals surface area contributed by atoms with E-state index >= 15 is 8.78 Å². The van der Waals surface area contributed by atoms with Crippen molar-refractivity contribution in [3.8, 4) is 0 Å². The maximum absolute atomic E-state index is 18.7. The second-order valence-electron chi connectivity index (χ2n) is 20.3. The molecule has 0 saturated heterocycles. The number of ketones is 1. The van der Waals surface area contributed by atoms with Gasteiger partial charge in [-0.1, -0.05) is 180 Å². The van der Waals surface area contributed by atoms with E-state index in [1.807, 2.05) is 18.2 Å². The lowest BCUT2D eigenvalue weighted by molar-refractivity contribution is -0.0196. The van der Waals surface area contributed by atoms with Gasteiger partial charge in [-0.15, -0.1) is 0 Å². The molecule has 0 radical (unpaired) electrons. The van der Waals surface area contributed by atoms with Gasteiger partial charge in [0.15, 0.2) is 31.9 Å². The summed E-state index contributed by atoms with van der Waals surface area (Å²) in [6, 6.07) is 14.3. The molecular weight excluding hydrogens is 891 g/mol. The van der Waals surface area contributed by atoms with Gasteiger partial charge in [0, 0.05) is 14.5 Å². The molecule has 284 valence electrons. The van der Waals surface area contributed by atoms with E-state index in [4.69, 9.17) is 8.85 Å². The molecule has 4 unspecified atom stereocenters. The lowest BCUT2D eigenvalue weighted by atomic mass is 9.95. The van der Waals surface area contributed by atoms with Crippen LogP contribution in [0.25, 0.3) is 0 Å². The molecule has 0 N–H and O–H groups in total. The molecule has 3 nitrogen and oxygen atoms in total. The minimum absolute atomic E-state index is 0.236. The van der Waals surface area contributed by atoms with Crippen LogP contribution in [0.15, 0.2) is 57.5 Å². The molecular formula is C35H66Br2F2O3Si8. The van der Waals surface area contributed by atoms with Crippen LogP contribution in [0.2, 0.25) is 118 Å². The van der Waals surface area contributed by atoms with Crippen molar-refractivity contribution in [2.45, 2.75) is 142 Å². The minimum Gasteiger partial charge on any atom is -0.416 e. The van der Waals surface area contributed by atoms with E-state index in [1.54, 1.807) is 30.3 Å². The minimum atomic E-state index is -2.83. The predicted molar refractivity (Wildman–Crippen MR) is 243 cm³/mol. The molecule has 0 aliphatic heterocycles. The number of hydrogen-bond donors (Lipinski definition) is 0. The fourth-order valence-electron chi connectivity index (χ4n) is 10.6. The first kappa shape index (κ1) is 46.7. The van der Waals surface area contributed by atoms with Gasteiger partial charge in [0.1, 0.15) is 12.2 Å². The molecule has 0 saturated carbocycles. The zero-order valence-corrected chi connectivity index (χ0v) is 45.3. The summed E-state index contributed by atoms with van der Waals surface area (Å²) < 4.78 is 53.1. The van der Waals surface area contributed by atoms with Crippen molar-refractivity contribution in [3.05, 3.63) is 68.6 Å². The average molecular weight is 957 g/mol. The summed E-state index contributed by atoms with van der Waals surface area (Å²) in [6.45, 7) is 37.2. The van der Waals surface area contributed by atoms with Gasteiger partial charge in [0.25, 0.3) is 0 Å². The van der Waals surface area contributed by atoms with Gasteiger partial charge < -0.3 is 8.85 Å². The molecule has 0 bridgehead atoms. The summed E-state index contributed by atoms with van der Waals surface area (Å²) in [5.74, 6) is -0.721. The summed E-state index contributed by atoms with van der Waals surface area (Å²) in [7, 11) is -12.7. The third-order valence-electron chi connectivity index (χ3n) is 10.4. The second-order valence-corrected chi connectivity index (χ2v) is 101. The normalized spacial score (nSPS) is 16.9. The Morgan fingerprint density at radius 2 is 0.900 bits per heavy atom. The van der Waals surface area contributed by atoms with Gasteiger partial charge in [0.2, 0.25) is 0 Å². The Hall–Kier alpha value is 0.585. The van der Waals surface area contributed by atoms with Crippen molar-refractivity contribution in [2.75, 3.05) is 0 Å². The number of carbonyl (C=O) groups is 1. The molecule has 0 spiro atoms. The average Bonchev–Trinajstić information content (AvgIpc) is 2.88. The van der Waals surface area contributed by atoms with Crippen LogP contribution in [0.3, 0.4) is 0 Å². The Bertz CT molecular complexity index is 1380. The smallest absolute Gasteiger partial charge is 0.199 e. The number of halogens is 4. The zero-order chi connectivity index (χ0) is 39.3. The molecule has 0 aliphatic carbocycles. The molecule has 0 aliphatic rings.